The van der Waals surface area contributed by atoms with Crippen LogP contribution in [0.1, 0.15) is 36.7 Å². The summed E-state index contributed by atoms with van der Waals surface area (Å²) >= 11 is 0. The summed E-state index contributed by atoms with van der Waals surface area (Å²) in [5.41, 5.74) is 3.17. The highest BCUT2D eigenvalue weighted by molar-refractivity contribution is 5.79. The third-order valence-electron chi connectivity index (χ3n) is 4.05. The molecule has 0 radical (unpaired) electrons. The standard InChI is InChI=1S/C18H26N6/c1-4-19-18(21-10-15-5-6-15)22-12-16-7-8-17(20-11-16)24-14(3)9-13(2)23-24/h7-9,11,15H,4-6,10,12H2,1-3H3,(H2,19,21,22). The van der Waals surface area contributed by atoms with Crippen molar-refractivity contribution in [3.05, 3.63) is 41.3 Å². The van der Waals surface area contributed by atoms with Crippen LogP contribution in [0, 0.1) is 19.8 Å². The van der Waals surface area contributed by atoms with Gasteiger partial charge in [0.2, 0.25) is 0 Å². The molecule has 1 aliphatic carbocycles. The zero-order chi connectivity index (χ0) is 16.9. The van der Waals surface area contributed by atoms with Gasteiger partial charge >= 0.3 is 0 Å². The van der Waals surface area contributed by atoms with E-state index in [0.29, 0.717) is 6.54 Å². The van der Waals surface area contributed by atoms with Crippen LogP contribution in [-0.4, -0.2) is 33.8 Å². The van der Waals surface area contributed by atoms with Crippen molar-refractivity contribution in [1.29, 1.82) is 0 Å². The molecule has 2 heterocycles. The largest absolute Gasteiger partial charge is 0.357 e. The van der Waals surface area contributed by atoms with Crippen LogP contribution in [0.4, 0.5) is 0 Å². The topological polar surface area (TPSA) is 67.1 Å². The third kappa shape index (κ3) is 4.34. The predicted molar refractivity (Wildman–Crippen MR) is 96.4 cm³/mol. The maximum absolute atomic E-state index is 4.64. The molecule has 2 aromatic heterocycles. The number of nitrogens with one attached hydrogen (secondary N) is 2. The molecule has 0 bridgehead atoms. The second kappa shape index (κ2) is 7.47. The number of rotatable bonds is 6. The van der Waals surface area contributed by atoms with Crippen molar-refractivity contribution in [3.8, 4) is 5.82 Å². The Morgan fingerprint density at radius 2 is 2.12 bits per heavy atom. The highest BCUT2D eigenvalue weighted by atomic mass is 15.3. The lowest BCUT2D eigenvalue weighted by atomic mass is 10.3. The summed E-state index contributed by atoms with van der Waals surface area (Å²) in [6.07, 6.45) is 4.55. The second-order valence-corrected chi connectivity index (χ2v) is 6.38. The molecule has 24 heavy (non-hydrogen) atoms. The van der Waals surface area contributed by atoms with Gasteiger partial charge in [0, 0.05) is 25.0 Å². The van der Waals surface area contributed by atoms with Gasteiger partial charge in [-0.05, 0) is 57.2 Å². The van der Waals surface area contributed by atoms with Gasteiger partial charge in [0.25, 0.3) is 0 Å². The lowest BCUT2D eigenvalue weighted by Crippen LogP contribution is -2.38. The summed E-state index contributed by atoms with van der Waals surface area (Å²) in [6.45, 7) is 8.60. The maximum Gasteiger partial charge on any atom is 0.191 e. The molecule has 2 aromatic rings. The summed E-state index contributed by atoms with van der Waals surface area (Å²) in [5, 5.41) is 11.2. The van der Waals surface area contributed by atoms with E-state index < -0.39 is 0 Å². The van der Waals surface area contributed by atoms with E-state index >= 15 is 0 Å². The molecule has 3 rings (SSSR count). The monoisotopic (exact) mass is 326 g/mol. The quantitative estimate of drug-likeness (QED) is 0.632. The van der Waals surface area contributed by atoms with Crippen molar-refractivity contribution in [2.45, 2.75) is 40.2 Å². The molecule has 0 aromatic carbocycles. The minimum atomic E-state index is 0.615. The number of aryl methyl sites for hydroxylation is 2. The molecular formula is C18H26N6. The Labute approximate surface area is 143 Å². The van der Waals surface area contributed by atoms with Crippen molar-refractivity contribution in [1.82, 2.24) is 25.4 Å². The van der Waals surface area contributed by atoms with E-state index in [0.717, 1.165) is 47.7 Å². The SMILES string of the molecule is CCNC(=NCc1ccc(-n2nc(C)cc2C)nc1)NCC1CC1. The molecule has 0 amide bonds. The molecule has 0 aliphatic heterocycles. The van der Waals surface area contributed by atoms with E-state index in [4.69, 9.17) is 0 Å². The van der Waals surface area contributed by atoms with E-state index in [1.165, 1.54) is 12.8 Å². The van der Waals surface area contributed by atoms with E-state index in [-0.39, 0.29) is 0 Å². The Kier molecular flexibility index (Phi) is 5.13. The number of guanidine groups is 1. The van der Waals surface area contributed by atoms with Crippen molar-refractivity contribution >= 4 is 5.96 Å². The first-order valence-electron chi connectivity index (χ1n) is 8.66. The number of hydrogen-bond donors (Lipinski definition) is 2. The fraction of sp³-hybridized carbons (Fsp3) is 0.500. The molecule has 0 atom stereocenters. The van der Waals surface area contributed by atoms with Gasteiger partial charge in [-0.25, -0.2) is 14.7 Å². The molecule has 1 saturated carbocycles. The molecule has 128 valence electrons. The zero-order valence-electron chi connectivity index (χ0n) is 14.7. The molecule has 6 nitrogen and oxygen atoms in total. The summed E-state index contributed by atoms with van der Waals surface area (Å²) in [4.78, 5) is 9.16. The molecule has 6 heteroatoms. The van der Waals surface area contributed by atoms with Crippen LogP contribution < -0.4 is 10.6 Å². The third-order valence-corrected chi connectivity index (χ3v) is 4.05. The van der Waals surface area contributed by atoms with Crippen molar-refractivity contribution in [3.63, 3.8) is 0 Å². The first-order chi connectivity index (χ1) is 11.7. The van der Waals surface area contributed by atoms with Gasteiger partial charge in [-0.3, -0.25) is 0 Å². The first-order valence-corrected chi connectivity index (χ1v) is 8.66. The second-order valence-electron chi connectivity index (χ2n) is 6.38. The lowest BCUT2D eigenvalue weighted by Gasteiger charge is -2.10. The number of nitrogens with zero attached hydrogens (tertiary/aromatic N) is 4. The van der Waals surface area contributed by atoms with E-state index in [1.54, 1.807) is 0 Å². The lowest BCUT2D eigenvalue weighted by molar-refractivity contribution is 0.739. The van der Waals surface area contributed by atoms with Gasteiger partial charge in [-0.15, -0.1) is 0 Å². The highest BCUT2D eigenvalue weighted by Crippen LogP contribution is 2.27. The molecule has 0 unspecified atom stereocenters. The smallest absolute Gasteiger partial charge is 0.191 e. The van der Waals surface area contributed by atoms with Crippen LogP contribution in [-0.2, 0) is 6.54 Å². The number of hydrogen-bond acceptors (Lipinski definition) is 3. The molecule has 0 saturated heterocycles. The predicted octanol–water partition coefficient (Wildman–Crippen LogP) is 2.35. The fourth-order valence-electron chi connectivity index (χ4n) is 2.57. The van der Waals surface area contributed by atoms with Gasteiger partial charge < -0.3 is 10.6 Å². The molecule has 2 N–H and O–H groups in total. The van der Waals surface area contributed by atoms with Crippen LogP contribution >= 0.6 is 0 Å². The summed E-state index contributed by atoms with van der Waals surface area (Å²) in [6, 6.07) is 6.11. The van der Waals surface area contributed by atoms with Gasteiger partial charge in [0.15, 0.2) is 11.8 Å². The van der Waals surface area contributed by atoms with Gasteiger partial charge in [0.1, 0.15) is 0 Å². The van der Waals surface area contributed by atoms with Crippen LogP contribution in [0.25, 0.3) is 5.82 Å². The summed E-state index contributed by atoms with van der Waals surface area (Å²) in [5.74, 6) is 2.55. The van der Waals surface area contributed by atoms with E-state index in [9.17, 15) is 0 Å². The number of aromatic nitrogens is 3. The summed E-state index contributed by atoms with van der Waals surface area (Å²) < 4.78 is 1.86. The average molecular weight is 326 g/mol. The van der Waals surface area contributed by atoms with Gasteiger partial charge in [-0.2, -0.15) is 5.10 Å². The van der Waals surface area contributed by atoms with Crippen LogP contribution in [0.2, 0.25) is 0 Å². The van der Waals surface area contributed by atoms with Crippen LogP contribution in [0.3, 0.4) is 0 Å². The molecule has 1 fully saturated rings. The molecule has 0 spiro atoms. The van der Waals surface area contributed by atoms with Crippen molar-refractivity contribution in [2.24, 2.45) is 10.9 Å². The number of aliphatic imine (C=N–C) groups is 1. The normalized spacial score (nSPS) is 14.7. The van der Waals surface area contributed by atoms with Crippen LogP contribution in [0.15, 0.2) is 29.4 Å². The fourth-order valence-corrected chi connectivity index (χ4v) is 2.57. The Morgan fingerprint density at radius 3 is 2.71 bits per heavy atom. The minimum Gasteiger partial charge on any atom is -0.357 e. The minimum absolute atomic E-state index is 0.615. The van der Waals surface area contributed by atoms with E-state index in [1.807, 2.05) is 36.9 Å². The Bertz CT molecular complexity index is 697. The van der Waals surface area contributed by atoms with E-state index in [2.05, 4.69) is 38.7 Å². The Balaban J connectivity index is 1.63. The first kappa shape index (κ1) is 16.5. The Hall–Kier alpha value is -2.37. The van der Waals surface area contributed by atoms with Crippen molar-refractivity contribution < 1.29 is 0 Å². The van der Waals surface area contributed by atoms with Crippen molar-refractivity contribution in [2.75, 3.05) is 13.1 Å². The Morgan fingerprint density at radius 1 is 1.29 bits per heavy atom. The van der Waals surface area contributed by atoms with Crippen LogP contribution in [0.5, 0.6) is 0 Å². The highest BCUT2D eigenvalue weighted by Gasteiger charge is 2.21. The van der Waals surface area contributed by atoms with Gasteiger partial charge in [0.05, 0.1) is 12.2 Å². The molecular weight excluding hydrogens is 300 g/mol. The average Bonchev–Trinajstić information content (AvgIpc) is 3.34. The zero-order valence-corrected chi connectivity index (χ0v) is 14.7. The van der Waals surface area contributed by atoms with Gasteiger partial charge in [-0.1, -0.05) is 6.07 Å². The number of pyridine rings is 1. The molecule has 1 aliphatic rings. The maximum atomic E-state index is 4.64. The summed E-state index contributed by atoms with van der Waals surface area (Å²) in [7, 11) is 0.